The standard InChI is InChI=1S/C17H31NO5.C4H9NO2.Na.H/c1-2-3-4-5-6-7-8-9-10-11-15(19)18-14(17(22)23)12-13-16(20)21;1-3(5-2)4(6)7;;/h14H,2-13H2,1H3,(H,18,19)(H,20,21)(H,22,23);3,5H,1-2H3,(H,6,7);;. The van der Waals surface area contributed by atoms with E-state index in [0.29, 0.717) is 6.42 Å². The molecule has 0 radical (unpaired) electrons. The molecule has 0 aliphatic heterocycles. The minimum atomic E-state index is -1.19. The molecule has 0 aromatic rings. The van der Waals surface area contributed by atoms with Crippen molar-refractivity contribution >= 4 is 53.4 Å². The quantitative estimate of drug-likeness (QED) is 0.165. The van der Waals surface area contributed by atoms with Gasteiger partial charge in [-0.05, 0) is 26.8 Å². The molecule has 2 atom stereocenters. The van der Waals surface area contributed by atoms with E-state index in [1.54, 1.807) is 14.0 Å². The van der Waals surface area contributed by atoms with Gasteiger partial charge in [-0.3, -0.25) is 14.4 Å². The SMILES string of the molecule is CCCCCCCCCCCC(=O)NC(CCC(=O)O)C(=O)O.CNC(C)C(=O)O.[NaH]. The molecular formula is C21H41N2NaO7. The summed E-state index contributed by atoms with van der Waals surface area (Å²) in [6.07, 6.45) is 10.3. The van der Waals surface area contributed by atoms with Crippen LogP contribution in [0, 0.1) is 0 Å². The summed E-state index contributed by atoms with van der Waals surface area (Å²) in [4.78, 5) is 43.0. The Hall–Kier alpha value is -1.16. The van der Waals surface area contributed by atoms with Crippen LogP contribution in [0.3, 0.4) is 0 Å². The van der Waals surface area contributed by atoms with Crippen LogP contribution in [0.2, 0.25) is 0 Å². The monoisotopic (exact) mass is 456 g/mol. The third-order valence-corrected chi connectivity index (χ3v) is 4.59. The number of carboxylic acids is 3. The molecule has 0 fully saturated rings. The van der Waals surface area contributed by atoms with Crippen molar-refractivity contribution in [3.63, 3.8) is 0 Å². The van der Waals surface area contributed by atoms with Crippen molar-refractivity contribution in [3.8, 4) is 0 Å². The molecule has 1 amide bonds. The molecule has 0 spiro atoms. The average molecular weight is 457 g/mol. The third-order valence-electron chi connectivity index (χ3n) is 4.59. The Morgan fingerprint density at radius 2 is 1.26 bits per heavy atom. The molecule has 178 valence electrons. The zero-order valence-corrected chi connectivity index (χ0v) is 18.6. The molecule has 0 bridgehead atoms. The van der Waals surface area contributed by atoms with E-state index >= 15 is 0 Å². The summed E-state index contributed by atoms with van der Waals surface area (Å²) in [5.41, 5.74) is 0. The number of hydrogen-bond donors (Lipinski definition) is 5. The van der Waals surface area contributed by atoms with Gasteiger partial charge in [-0.1, -0.05) is 58.3 Å². The fraction of sp³-hybridized carbons (Fsp3) is 0.810. The Kier molecular flexibility index (Phi) is 26.1. The van der Waals surface area contributed by atoms with Gasteiger partial charge in [0.15, 0.2) is 0 Å². The van der Waals surface area contributed by atoms with Crippen molar-refractivity contribution in [3.05, 3.63) is 0 Å². The second kappa shape index (κ2) is 23.5. The number of rotatable bonds is 17. The average Bonchev–Trinajstić information content (AvgIpc) is 2.69. The number of likely N-dealkylation sites (N-methyl/N-ethyl adjacent to an activating group) is 1. The molecule has 0 rings (SSSR count). The van der Waals surface area contributed by atoms with E-state index in [0.717, 1.165) is 19.3 Å². The molecule has 0 aliphatic rings. The summed E-state index contributed by atoms with van der Waals surface area (Å²) in [5, 5.41) is 30.6. The second-order valence-corrected chi connectivity index (χ2v) is 7.32. The molecular weight excluding hydrogens is 415 g/mol. The van der Waals surface area contributed by atoms with Gasteiger partial charge in [-0.2, -0.15) is 0 Å². The second-order valence-electron chi connectivity index (χ2n) is 7.32. The molecule has 0 aliphatic carbocycles. The van der Waals surface area contributed by atoms with Crippen LogP contribution in [0.5, 0.6) is 0 Å². The zero-order chi connectivity index (χ0) is 23.4. The van der Waals surface area contributed by atoms with Gasteiger partial charge in [0.1, 0.15) is 12.1 Å². The number of hydrogen-bond acceptors (Lipinski definition) is 5. The van der Waals surface area contributed by atoms with Crippen molar-refractivity contribution in [2.24, 2.45) is 0 Å². The number of carbonyl (C=O) groups excluding carboxylic acids is 1. The Labute approximate surface area is 208 Å². The van der Waals surface area contributed by atoms with Gasteiger partial charge in [-0.15, -0.1) is 0 Å². The number of amides is 1. The van der Waals surface area contributed by atoms with Crippen LogP contribution in [-0.2, 0) is 19.2 Å². The van der Waals surface area contributed by atoms with Crippen LogP contribution < -0.4 is 10.6 Å². The van der Waals surface area contributed by atoms with Gasteiger partial charge in [0.25, 0.3) is 0 Å². The van der Waals surface area contributed by atoms with E-state index < -0.39 is 30.0 Å². The van der Waals surface area contributed by atoms with Crippen LogP contribution in [0.1, 0.15) is 90.9 Å². The van der Waals surface area contributed by atoms with E-state index in [-0.39, 0.29) is 48.3 Å². The maximum absolute atomic E-state index is 11.7. The van der Waals surface area contributed by atoms with E-state index in [1.807, 2.05) is 0 Å². The van der Waals surface area contributed by atoms with Gasteiger partial charge >= 0.3 is 47.5 Å². The molecule has 0 heterocycles. The minimum absolute atomic E-state index is 0. The van der Waals surface area contributed by atoms with Crippen molar-refractivity contribution in [2.45, 2.75) is 103 Å². The normalized spacial score (nSPS) is 11.8. The third kappa shape index (κ3) is 25.0. The summed E-state index contributed by atoms with van der Waals surface area (Å²) >= 11 is 0. The first kappa shape index (κ1) is 34.5. The predicted octanol–water partition coefficient (Wildman–Crippen LogP) is 2.37. The number of carboxylic acid groups (broad SMARTS) is 3. The van der Waals surface area contributed by atoms with Crippen molar-refractivity contribution in [2.75, 3.05) is 7.05 Å². The molecule has 5 N–H and O–H groups in total. The van der Waals surface area contributed by atoms with Crippen LogP contribution in [0.15, 0.2) is 0 Å². The van der Waals surface area contributed by atoms with Crippen LogP contribution >= 0.6 is 0 Å². The van der Waals surface area contributed by atoms with E-state index in [9.17, 15) is 19.2 Å². The van der Waals surface area contributed by atoms with E-state index in [1.165, 1.54) is 38.5 Å². The van der Waals surface area contributed by atoms with Crippen LogP contribution in [0.25, 0.3) is 0 Å². The summed E-state index contributed by atoms with van der Waals surface area (Å²) in [6, 6.07) is -1.54. The Bertz CT molecular complexity index is 504. The first-order valence-electron chi connectivity index (χ1n) is 10.8. The molecule has 0 saturated carbocycles. The molecule has 0 aromatic carbocycles. The fourth-order valence-electron chi connectivity index (χ4n) is 2.51. The molecule has 31 heavy (non-hydrogen) atoms. The van der Waals surface area contributed by atoms with Gasteiger partial charge in [0.05, 0.1) is 0 Å². The number of unbranched alkanes of at least 4 members (excludes halogenated alkanes) is 8. The molecule has 0 aromatic heterocycles. The summed E-state index contributed by atoms with van der Waals surface area (Å²) in [6.45, 7) is 3.78. The summed E-state index contributed by atoms with van der Waals surface area (Å²) < 4.78 is 0. The van der Waals surface area contributed by atoms with Gasteiger partial charge in [0, 0.05) is 12.8 Å². The Balaban J connectivity index is -0.000000840. The van der Waals surface area contributed by atoms with Gasteiger partial charge < -0.3 is 26.0 Å². The maximum atomic E-state index is 11.7. The Morgan fingerprint density at radius 3 is 1.61 bits per heavy atom. The number of nitrogens with one attached hydrogen (secondary N) is 2. The molecule has 0 saturated heterocycles. The number of carbonyl (C=O) groups is 4. The topological polar surface area (TPSA) is 153 Å². The first-order chi connectivity index (χ1) is 14.1. The zero-order valence-electron chi connectivity index (χ0n) is 18.6. The predicted molar refractivity (Wildman–Crippen MR) is 122 cm³/mol. The van der Waals surface area contributed by atoms with E-state index in [4.69, 9.17) is 15.3 Å². The molecule has 2 unspecified atom stereocenters. The van der Waals surface area contributed by atoms with Crippen molar-refractivity contribution < 1.29 is 34.5 Å². The summed E-state index contributed by atoms with van der Waals surface area (Å²) in [7, 11) is 1.61. The first-order valence-corrected chi connectivity index (χ1v) is 10.8. The van der Waals surface area contributed by atoms with Crippen LogP contribution in [-0.4, -0.2) is 87.8 Å². The number of aliphatic carboxylic acids is 3. The fourth-order valence-corrected chi connectivity index (χ4v) is 2.51. The summed E-state index contributed by atoms with van der Waals surface area (Å²) in [5.74, 6) is -3.38. The van der Waals surface area contributed by atoms with Crippen molar-refractivity contribution in [1.82, 2.24) is 10.6 Å². The van der Waals surface area contributed by atoms with Gasteiger partial charge in [0.2, 0.25) is 5.91 Å². The van der Waals surface area contributed by atoms with Gasteiger partial charge in [-0.25, -0.2) is 4.79 Å². The Morgan fingerprint density at radius 1 is 0.774 bits per heavy atom. The van der Waals surface area contributed by atoms with Crippen LogP contribution in [0.4, 0.5) is 0 Å². The van der Waals surface area contributed by atoms with Crippen molar-refractivity contribution in [1.29, 1.82) is 0 Å². The molecule has 10 heteroatoms. The molecule has 9 nitrogen and oxygen atoms in total. The van der Waals surface area contributed by atoms with E-state index in [2.05, 4.69) is 17.6 Å².